The Morgan fingerprint density at radius 3 is 2.72 bits per heavy atom. The van der Waals surface area contributed by atoms with Gasteiger partial charge in [-0.3, -0.25) is 9.59 Å². The molecule has 3 rings (SSSR count). The number of nitrogens with one attached hydrogen (secondary N) is 1. The third kappa shape index (κ3) is 3.69. The topological polar surface area (TPSA) is 49.4 Å². The van der Waals surface area contributed by atoms with E-state index in [4.69, 9.17) is 11.6 Å². The van der Waals surface area contributed by atoms with Gasteiger partial charge in [-0.05, 0) is 36.6 Å². The van der Waals surface area contributed by atoms with Gasteiger partial charge >= 0.3 is 0 Å². The van der Waals surface area contributed by atoms with Crippen LogP contribution in [0.4, 0.5) is 5.69 Å². The lowest BCUT2D eigenvalue weighted by molar-refractivity contribution is -0.133. The van der Waals surface area contributed by atoms with Crippen LogP contribution in [-0.4, -0.2) is 23.3 Å². The average Bonchev–Trinajstić information content (AvgIpc) is 2.58. The van der Waals surface area contributed by atoms with Crippen LogP contribution in [-0.2, 0) is 22.4 Å². The number of nitrogens with zero attached hydrogens (tertiary/aromatic N) is 1. The average molecular weight is 357 g/mol. The van der Waals surface area contributed by atoms with Crippen molar-refractivity contribution in [1.82, 2.24) is 4.90 Å². The predicted octanol–water partition coefficient (Wildman–Crippen LogP) is 3.99. The Morgan fingerprint density at radius 2 is 1.96 bits per heavy atom. The Bertz CT molecular complexity index is 819. The van der Waals surface area contributed by atoms with E-state index in [-0.39, 0.29) is 24.3 Å². The molecular formula is C20H21ClN2O2. The zero-order valence-corrected chi connectivity index (χ0v) is 15.1. The number of fused-ring (bicyclic) bond motifs is 1. The quantitative estimate of drug-likeness (QED) is 0.904. The molecule has 1 aliphatic heterocycles. The summed E-state index contributed by atoms with van der Waals surface area (Å²) in [5.41, 5.74) is 3.76. The molecule has 0 radical (unpaired) electrons. The Kier molecular flexibility index (Phi) is 5.09. The van der Waals surface area contributed by atoms with E-state index in [0.717, 1.165) is 6.42 Å². The zero-order chi connectivity index (χ0) is 18.0. The number of anilines is 1. The van der Waals surface area contributed by atoms with Gasteiger partial charge in [-0.15, -0.1) is 0 Å². The highest BCUT2D eigenvalue weighted by Gasteiger charge is 2.28. The van der Waals surface area contributed by atoms with Crippen molar-refractivity contribution in [3.8, 4) is 0 Å². The minimum atomic E-state index is -0.184. The summed E-state index contributed by atoms with van der Waals surface area (Å²) >= 11 is 6.29. The molecule has 0 aliphatic carbocycles. The number of benzene rings is 2. The van der Waals surface area contributed by atoms with E-state index in [9.17, 15) is 9.59 Å². The third-order valence-electron chi connectivity index (χ3n) is 4.67. The van der Waals surface area contributed by atoms with Crippen LogP contribution in [0.15, 0.2) is 42.5 Å². The largest absolute Gasteiger partial charge is 0.335 e. The van der Waals surface area contributed by atoms with Gasteiger partial charge in [0.05, 0.1) is 12.5 Å². The van der Waals surface area contributed by atoms with Gasteiger partial charge in [-0.25, -0.2) is 0 Å². The van der Waals surface area contributed by atoms with Crippen molar-refractivity contribution in [1.29, 1.82) is 0 Å². The Hall–Kier alpha value is -2.33. The molecule has 0 aromatic heterocycles. The normalized spacial score (nSPS) is 16.3. The van der Waals surface area contributed by atoms with Crippen LogP contribution in [0.25, 0.3) is 0 Å². The first-order valence-electron chi connectivity index (χ1n) is 8.39. The lowest BCUT2D eigenvalue weighted by atomic mass is 9.93. The zero-order valence-electron chi connectivity index (χ0n) is 14.4. The standard InChI is InChI=1S/C20H21ClN2O2/c1-13-16-7-4-3-6-15(16)10-11-23(13)20(25)12-17-18(21)8-5-9-19(17)22-14(2)24/h3-9,13H,10-12H2,1-2H3,(H,22,24). The van der Waals surface area contributed by atoms with Crippen molar-refractivity contribution in [2.75, 3.05) is 11.9 Å². The van der Waals surface area contributed by atoms with Gasteiger partial charge in [0.15, 0.2) is 0 Å². The summed E-state index contributed by atoms with van der Waals surface area (Å²) in [7, 11) is 0. The number of carbonyl (C=O) groups is 2. The van der Waals surface area contributed by atoms with Crippen LogP contribution in [0.2, 0.25) is 5.02 Å². The van der Waals surface area contributed by atoms with Crippen LogP contribution >= 0.6 is 11.6 Å². The molecule has 1 aliphatic rings. The molecule has 2 aromatic carbocycles. The molecule has 2 aromatic rings. The maximum absolute atomic E-state index is 12.9. The molecule has 1 atom stereocenters. The minimum absolute atomic E-state index is 0.0155. The summed E-state index contributed by atoms with van der Waals surface area (Å²) in [6, 6.07) is 13.5. The van der Waals surface area contributed by atoms with Crippen LogP contribution < -0.4 is 5.32 Å². The van der Waals surface area contributed by atoms with Gasteiger partial charge in [-0.1, -0.05) is 41.9 Å². The highest BCUT2D eigenvalue weighted by Crippen LogP contribution is 2.31. The Balaban J connectivity index is 1.83. The fourth-order valence-corrected chi connectivity index (χ4v) is 3.65. The van der Waals surface area contributed by atoms with E-state index in [0.29, 0.717) is 22.8 Å². The first kappa shape index (κ1) is 17.5. The van der Waals surface area contributed by atoms with Crippen LogP contribution in [0, 0.1) is 0 Å². The second kappa shape index (κ2) is 7.28. The number of rotatable bonds is 3. The van der Waals surface area contributed by atoms with E-state index in [1.54, 1.807) is 18.2 Å². The summed E-state index contributed by atoms with van der Waals surface area (Å²) < 4.78 is 0. The molecule has 1 unspecified atom stereocenters. The molecule has 5 heteroatoms. The molecule has 4 nitrogen and oxygen atoms in total. The van der Waals surface area contributed by atoms with Gasteiger partial charge in [0, 0.05) is 29.7 Å². The van der Waals surface area contributed by atoms with Crippen molar-refractivity contribution < 1.29 is 9.59 Å². The van der Waals surface area contributed by atoms with Gasteiger partial charge in [0.25, 0.3) is 0 Å². The minimum Gasteiger partial charge on any atom is -0.335 e. The molecule has 1 N–H and O–H groups in total. The molecule has 1 heterocycles. The van der Waals surface area contributed by atoms with E-state index in [1.165, 1.54) is 18.1 Å². The molecule has 0 saturated carbocycles. The van der Waals surface area contributed by atoms with Crippen molar-refractivity contribution >= 4 is 29.1 Å². The number of halogens is 1. The van der Waals surface area contributed by atoms with Crippen molar-refractivity contribution in [3.63, 3.8) is 0 Å². The molecule has 0 bridgehead atoms. The lowest BCUT2D eigenvalue weighted by Crippen LogP contribution is -2.39. The first-order valence-corrected chi connectivity index (χ1v) is 8.77. The van der Waals surface area contributed by atoms with Crippen molar-refractivity contribution in [3.05, 3.63) is 64.2 Å². The third-order valence-corrected chi connectivity index (χ3v) is 5.03. The summed E-state index contributed by atoms with van der Waals surface area (Å²) in [6.07, 6.45) is 1.02. The molecule has 0 fully saturated rings. The van der Waals surface area contributed by atoms with Crippen LogP contribution in [0.1, 0.15) is 36.6 Å². The maximum Gasteiger partial charge on any atom is 0.227 e. The van der Waals surface area contributed by atoms with Gasteiger partial charge in [0.1, 0.15) is 0 Å². The fourth-order valence-electron chi connectivity index (χ4n) is 3.41. The van der Waals surface area contributed by atoms with Crippen molar-refractivity contribution in [2.24, 2.45) is 0 Å². The van der Waals surface area contributed by atoms with E-state index >= 15 is 0 Å². The molecule has 25 heavy (non-hydrogen) atoms. The summed E-state index contributed by atoms with van der Waals surface area (Å²) in [5, 5.41) is 3.25. The van der Waals surface area contributed by atoms with E-state index in [1.807, 2.05) is 17.0 Å². The monoisotopic (exact) mass is 356 g/mol. The summed E-state index contributed by atoms with van der Waals surface area (Å²) in [6.45, 7) is 4.18. The van der Waals surface area contributed by atoms with E-state index in [2.05, 4.69) is 24.4 Å². The molecular weight excluding hydrogens is 336 g/mol. The summed E-state index contributed by atoms with van der Waals surface area (Å²) in [4.78, 5) is 26.2. The van der Waals surface area contributed by atoms with Gasteiger partial charge < -0.3 is 10.2 Å². The number of hydrogen-bond acceptors (Lipinski definition) is 2. The smallest absolute Gasteiger partial charge is 0.227 e. The van der Waals surface area contributed by atoms with Crippen molar-refractivity contribution in [2.45, 2.75) is 32.7 Å². The fraction of sp³-hybridized carbons (Fsp3) is 0.300. The highest BCUT2D eigenvalue weighted by molar-refractivity contribution is 6.32. The van der Waals surface area contributed by atoms with Gasteiger partial charge in [0.2, 0.25) is 11.8 Å². The highest BCUT2D eigenvalue weighted by atomic mass is 35.5. The second-order valence-electron chi connectivity index (χ2n) is 6.34. The van der Waals surface area contributed by atoms with E-state index < -0.39 is 0 Å². The first-order chi connectivity index (χ1) is 12.0. The number of amides is 2. The maximum atomic E-state index is 12.9. The number of carbonyl (C=O) groups excluding carboxylic acids is 2. The second-order valence-corrected chi connectivity index (χ2v) is 6.74. The van der Waals surface area contributed by atoms with Crippen LogP contribution in [0.3, 0.4) is 0 Å². The Morgan fingerprint density at radius 1 is 1.20 bits per heavy atom. The Labute approximate surface area is 152 Å². The predicted molar refractivity (Wildman–Crippen MR) is 99.7 cm³/mol. The SMILES string of the molecule is CC(=O)Nc1cccc(Cl)c1CC(=O)N1CCc2ccccc2C1C. The number of hydrogen-bond donors (Lipinski definition) is 1. The molecule has 130 valence electrons. The van der Waals surface area contributed by atoms with Gasteiger partial charge in [-0.2, -0.15) is 0 Å². The summed E-state index contributed by atoms with van der Waals surface area (Å²) in [5.74, 6) is -0.169. The van der Waals surface area contributed by atoms with Crippen LogP contribution in [0.5, 0.6) is 0 Å². The molecule has 0 saturated heterocycles. The molecule has 0 spiro atoms. The lowest BCUT2D eigenvalue weighted by Gasteiger charge is -2.35. The molecule has 2 amide bonds.